The molecule has 2 aliphatic carbocycles. The maximum atomic E-state index is 12.2. The Morgan fingerprint density at radius 1 is 1.38 bits per heavy atom. The highest BCUT2D eigenvalue weighted by Gasteiger charge is 2.54. The molecule has 4 nitrogen and oxygen atoms in total. The van der Waals surface area contributed by atoms with Crippen molar-refractivity contribution >= 4 is 11.9 Å². The Bertz CT molecular complexity index is 630. The zero-order valence-electron chi connectivity index (χ0n) is 15.3. The molecule has 132 valence electrons. The number of fused-ring (bicyclic) bond motifs is 2. The molecule has 0 bridgehead atoms. The second-order valence-electron chi connectivity index (χ2n) is 7.96. The van der Waals surface area contributed by atoms with Crippen molar-refractivity contribution in [1.82, 2.24) is 0 Å². The molecule has 0 N–H and O–H groups in total. The Balaban J connectivity index is 1.87. The lowest BCUT2D eigenvalue weighted by Gasteiger charge is -2.53. The zero-order valence-corrected chi connectivity index (χ0v) is 15.3. The van der Waals surface area contributed by atoms with Crippen molar-refractivity contribution in [3.05, 3.63) is 22.8 Å². The van der Waals surface area contributed by atoms with Gasteiger partial charge in [-0.1, -0.05) is 19.9 Å². The van der Waals surface area contributed by atoms with Crippen LogP contribution in [0.15, 0.2) is 22.8 Å². The van der Waals surface area contributed by atoms with E-state index in [9.17, 15) is 9.59 Å². The quantitative estimate of drug-likeness (QED) is 0.567. The molecular weight excluding hydrogens is 304 g/mol. The summed E-state index contributed by atoms with van der Waals surface area (Å²) < 4.78 is 11.4. The average Bonchev–Trinajstić information content (AvgIpc) is 2.82. The lowest BCUT2D eigenvalue weighted by molar-refractivity contribution is -0.163. The van der Waals surface area contributed by atoms with E-state index in [1.807, 2.05) is 13.8 Å². The van der Waals surface area contributed by atoms with E-state index >= 15 is 0 Å². The SMILES string of the molecule is C/C=C(/C)C(=O)O[C@H]1CC[C@H](C)[C@@]2(C)CC3=C(C)C(=O)OC3C[C@@H]12. The molecule has 0 aromatic rings. The molecule has 1 aliphatic heterocycles. The first-order valence-electron chi connectivity index (χ1n) is 9.02. The Kier molecular flexibility index (Phi) is 4.35. The molecule has 2 saturated carbocycles. The van der Waals surface area contributed by atoms with Crippen molar-refractivity contribution in [1.29, 1.82) is 0 Å². The summed E-state index contributed by atoms with van der Waals surface area (Å²) in [5.41, 5.74) is 2.65. The molecule has 1 unspecified atom stereocenters. The number of rotatable bonds is 2. The first-order valence-corrected chi connectivity index (χ1v) is 9.02. The van der Waals surface area contributed by atoms with Crippen LogP contribution in [0.25, 0.3) is 0 Å². The van der Waals surface area contributed by atoms with Crippen molar-refractivity contribution < 1.29 is 19.1 Å². The van der Waals surface area contributed by atoms with E-state index in [4.69, 9.17) is 9.47 Å². The average molecular weight is 332 g/mol. The molecule has 0 aromatic carbocycles. The topological polar surface area (TPSA) is 52.6 Å². The van der Waals surface area contributed by atoms with Gasteiger partial charge in [0.1, 0.15) is 12.2 Å². The molecule has 1 heterocycles. The standard InChI is InChI=1S/C20H28O4/c1-6-11(2)18(21)23-16-8-7-12(3)20(5)10-14-13(4)19(22)24-17(14)9-15(16)20/h6,12,15-17H,7-10H2,1-5H3/b11-6-/t12-,15-,16-,17?,20+/m0/s1. The molecule has 0 amide bonds. The van der Waals surface area contributed by atoms with Gasteiger partial charge in [-0.2, -0.15) is 0 Å². The van der Waals surface area contributed by atoms with Gasteiger partial charge in [-0.15, -0.1) is 0 Å². The molecule has 0 saturated heterocycles. The molecule has 5 atom stereocenters. The third-order valence-corrected chi connectivity index (χ3v) is 6.78. The Morgan fingerprint density at radius 2 is 2.08 bits per heavy atom. The molecule has 0 aromatic heterocycles. The van der Waals surface area contributed by atoms with E-state index in [2.05, 4.69) is 13.8 Å². The van der Waals surface area contributed by atoms with Crippen LogP contribution in [0, 0.1) is 17.3 Å². The summed E-state index contributed by atoms with van der Waals surface area (Å²) in [6, 6.07) is 0. The summed E-state index contributed by atoms with van der Waals surface area (Å²) >= 11 is 0. The smallest absolute Gasteiger partial charge is 0.334 e. The van der Waals surface area contributed by atoms with Gasteiger partial charge >= 0.3 is 11.9 Å². The summed E-state index contributed by atoms with van der Waals surface area (Å²) in [5.74, 6) is 0.378. The third kappa shape index (κ3) is 2.60. The van der Waals surface area contributed by atoms with Gasteiger partial charge < -0.3 is 9.47 Å². The second-order valence-corrected chi connectivity index (χ2v) is 7.96. The lowest BCUT2D eigenvalue weighted by atomic mass is 9.53. The Morgan fingerprint density at radius 3 is 2.75 bits per heavy atom. The number of ether oxygens (including phenoxy) is 2. The van der Waals surface area contributed by atoms with Crippen LogP contribution in [0.5, 0.6) is 0 Å². The van der Waals surface area contributed by atoms with Gasteiger partial charge in [-0.3, -0.25) is 0 Å². The van der Waals surface area contributed by atoms with Crippen LogP contribution in [0.4, 0.5) is 0 Å². The maximum Gasteiger partial charge on any atom is 0.334 e. The van der Waals surface area contributed by atoms with E-state index in [0.29, 0.717) is 11.5 Å². The summed E-state index contributed by atoms with van der Waals surface area (Å²) in [5, 5.41) is 0. The molecule has 3 rings (SSSR count). The summed E-state index contributed by atoms with van der Waals surface area (Å²) in [7, 11) is 0. The van der Waals surface area contributed by atoms with Crippen LogP contribution in [0.1, 0.15) is 60.3 Å². The molecular formula is C20H28O4. The first-order chi connectivity index (χ1) is 11.3. The fourth-order valence-corrected chi connectivity index (χ4v) is 4.69. The van der Waals surface area contributed by atoms with E-state index in [1.54, 1.807) is 13.0 Å². The predicted octanol–water partition coefficient (Wildman–Crippen LogP) is 3.95. The fraction of sp³-hybridized carbons (Fsp3) is 0.700. The van der Waals surface area contributed by atoms with Gasteiger partial charge in [0.15, 0.2) is 0 Å². The Hall–Kier alpha value is -1.58. The Labute approximate surface area is 144 Å². The van der Waals surface area contributed by atoms with Crippen molar-refractivity contribution in [2.75, 3.05) is 0 Å². The predicted molar refractivity (Wildman–Crippen MR) is 91.1 cm³/mol. The van der Waals surface area contributed by atoms with E-state index in [-0.39, 0.29) is 35.5 Å². The molecule has 2 fully saturated rings. The number of carbonyl (C=O) groups excluding carboxylic acids is 2. The molecule has 0 spiro atoms. The first kappa shape index (κ1) is 17.2. The largest absolute Gasteiger partial charge is 0.459 e. The summed E-state index contributed by atoms with van der Waals surface area (Å²) in [4.78, 5) is 24.2. The minimum atomic E-state index is -0.222. The third-order valence-electron chi connectivity index (χ3n) is 6.78. The second kappa shape index (κ2) is 6.05. The van der Waals surface area contributed by atoms with Gasteiger partial charge in [0, 0.05) is 17.1 Å². The minimum absolute atomic E-state index is 0.0497. The van der Waals surface area contributed by atoms with Crippen LogP contribution in [-0.2, 0) is 19.1 Å². The molecule has 4 heteroatoms. The van der Waals surface area contributed by atoms with Gasteiger partial charge in [0.2, 0.25) is 0 Å². The summed E-state index contributed by atoms with van der Waals surface area (Å²) in [6.45, 7) is 10.1. The normalized spacial score (nSPS) is 39.2. The number of hydrogen-bond donors (Lipinski definition) is 0. The van der Waals surface area contributed by atoms with Crippen molar-refractivity contribution in [2.45, 2.75) is 72.5 Å². The number of carbonyl (C=O) groups is 2. The molecule has 3 aliphatic rings. The van der Waals surface area contributed by atoms with Crippen molar-refractivity contribution in [2.24, 2.45) is 17.3 Å². The highest BCUT2D eigenvalue weighted by molar-refractivity contribution is 5.91. The van der Waals surface area contributed by atoms with Crippen LogP contribution < -0.4 is 0 Å². The summed E-state index contributed by atoms with van der Waals surface area (Å²) in [6.07, 6.45) is 5.16. The minimum Gasteiger partial charge on any atom is -0.459 e. The molecule has 0 radical (unpaired) electrons. The van der Waals surface area contributed by atoms with Crippen LogP contribution in [0.2, 0.25) is 0 Å². The lowest BCUT2D eigenvalue weighted by Crippen LogP contribution is -2.51. The van der Waals surface area contributed by atoms with Crippen molar-refractivity contribution in [3.63, 3.8) is 0 Å². The van der Waals surface area contributed by atoms with E-state index in [0.717, 1.165) is 31.3 Å². The number of allylic oxidation sites excluding steroid dienone is 1. The highest BCUT2D eigenvalue weighted by atomic mass is 16.6. The van der Waals surface area contributed by atoms with E-state index in [1.165, 1.54) is 5.57 Å². The van der Waals surface area contributed by atoms with Gasteiger partial charge in [0.25, 0.3) is 0 Å². The number of hydrogen-bond acceptors (Lipinski definition) is 4. The fourth-order valence-electron chi connectivity index (χ4n) is 4.69. The maximum absolute atomic E-state index is 12.2. The van der Waals surface area contributed by atoms with Crippen LogP contribution in [-0.4, -0.2) is 24.1 Å². The van der Waals surface area contributed by atoms with Gasteiger partial charge in [-0.05, 0) is 63.4 Å². The van der Waals surface area contributed by atoms with Crippen molar-refractivity contribution in [3.8, 4) is 0 Å². The highest BCUT2D eigenvalue weighted by Crippen LogP contribution is 2.57. The van der Waals surface area contributed by atoms with E-state index < -0.39 is 0 Å². The van der Waals surface area contributed by atoms with Gasteiger partial charge in [-0.25, -0.2) is 9.59 Å². The monoisotopic (exact) mass is 332 g/mol. The number of esters is 2. The van der Waals surface area contributed by atoms with Gasteiger partial charge in [0.05, 0.1) is 0 Å². The molecule has 24 heavy (non-hydrogen) atoms. The van der Waals surface area contributed by atoms with Crippen LogP contribution >= 0.6 is 0 Å². The zero-order chi connectivity index (χ0) is 17.6. The van der Waals surface area contributed by atoms with Crippen LogP contribution in [0.3, 0.4) is 0 Å².